The number of unbranched alkanes of at least 4 members (excludes halogenated alkanes) is 9. The van der Waals surface area contributed by atoms with Crippen molar-refractivity contribution in [1.29, 1.82) is 0 Å². The highest BCUT2D eigenvalue weighted by Gasteiger charge is 2.35. The lowest BCUT2D eigenvalue weighted by Crippen LogP contribution is -2.24. The Bertz CT molecular complexity index is 1090. The third kappa shape index (κ3) is 5.54. The summed E-state index contributed by atoms with van der Waals surface area (Å²) in [4.78, 5) is 25.5. The minimum Gasteiger partial charge on any atom is -0.289 e. The number of carbonyl (C=O) groups is 2. The number of rotatable bonds is 12. The second kappa shape index (κ2) is 11.0. The van der Waals surface area contributed by atoms with E-state index in [-0.39, 0.29) is 22.3 Å². The van der Waals surface area contributed by atoms with Crippen LogP contribution in [0.5, 0.6) is 0 Å². The maximum Gasteiger partial charge on any atom is 0.295 e. The molecule has 0 aliphatic heterocycles. The monoisotopic (exact) mass is 456 g/mol. The first kappa shape index (κ1) is 24.3. The van der Waals surface area contributed by atoms with Crippen LogP contribution in [-0.4, -0.2) is 24.5 Å². The van der Waals surface area contributed by atoms with Crippen molar-refractivity contribution < 1.29 is 22.6 Å². The predicted molar refractivity (Wildman–Crippen MR) is 125 cm³/mol. The van der Waals surface area contributed by atoms with E-state index in [1.807, 2.05) is 0 Å². The van der Waals surface area contributed by atoms with Crippen molar-refractivity contribution >= 4 is 21.7 Å². The molecule has 2 aromatic carbocycles. The summed E-state index contributed by atoms with van der Waals surface area (Å²) < 4.78 is 34.5. The molecule has 3 rings (SSSR count). The molecule has 172 valence electrons. The molecular formula is C26H32O5S. The second-order valence-electron chi connectivity index (χ2n) is 8.59. The van der Waals surface area contributed by atoms with Gasteiger partial charge in [-0.2, -0.15) is 8.42 Å². The predicted octanol–water partition coefficient (Wildman–Crippen LogP) is 6.17. The zero-order valence-electron chi connectivity index (χ0n) is 18.7. The molecule has 0 radical (unpaired) electrons. The molecule has 0 unspecified atom stereocenters. The molecular weight excluding hydrogens is 424 g/mol. The molecule has 0 spiro atoms. The van der Waals surface area contributed by atoms with Crippen molar-refractivity contribution in [3.05, 3.63) is 64.2 Å². The zero-order valence-corrected chi connectivity index (χ0v) is 19.5. The zero-order chi connectivity index (χ0) is 23.1. The summed E-state index contributed by atoms with van der Waals surface area (Å²) in [5, 5.41) is 0. The van der Waals surface area contributed by atoms with E-state index in [0.29, 0.717) is 12.0 Å². The Morgan fingerprint density at radius 3 is 1.78 bits per heavy atom. The molecule has 32 heavy (non-hydrogen) atoms. The van der Waals surface area contributed by atoms with E-state index in [9.17, 15) is 22.6 Å². The van der Waals surface area contributed by atoms with E-state index in [0.717, 1.165) is 25.7 Å². The fourth-order valence-corrected chi connectivity index (χ4v) is 5.46. The van der Waals surface area contributed by atoms with Crippen LogP contribution in [0.4, 0.5) is 0 Å². The number of fused-ring (bicyclic) bond motifs is 2. The highest BCUT2D eigenvalue weighted by atomic mass is 32.2. The van der Waals surface area contributed by atoms with Gasteiger partial charge in [0.2, 0.25) is 0 Å². The smallest absolute Gasteiger partial charge is 0.289 e. The van der Waals surface area contributed by atoms with Crippen molar-refractivity contribution in [3.8, 4) is 0 Å². The molecule has 1 N–H and O–H groups in total. The van der Waals surface area contributed by atoms with Gasteiger partial charge in [-0.25, -0.2) is 0 Å². The van der Waals surface area contributed by atoms with Crippen LogP contribution in [0.1, 0.15) is 109 Å². The molecule has 0 saturated carbocycles. The van der Waals surface area contributed by atoms with Gasteiger partial charge in [-0.05, 0) is 24.5 Å². The Kier molecular flexibility index (Phi) is 8.38. The third-order valence-electron chi connectivity index (χ3n) is 6.18. The number of aryl methyl sites for hydroxylation is 1. The quantitative estimate of drug-likeness (QED) is 0.260. The number of carbonyl (C=O) groups excluding carboxylic acids is 2. The minimum atomic E-state index is -4.67. The molecule has 0 saturated heterocycles. The van der Waals surface area contributed by atoms with Crippen LogP contribution in [0, 0.1) is 0 Å². The molecule has 0 aromatic heterocycles. The van der Waals surface area contributed by atoms with Crippen molar-refractivity contribution in [2.24, 2.45) is 0 Å². The van der Waals surface area contributed by atoms with E-state index in [1.54, 1.807) is 24.3 Å². The summed E-state index contributed by atoms with van der Waals surface area (Å²) >= 11 is 0. The Morgan fingerprint density at radius 1 is 0.688 bits per heavy atom. The average molecular weight is 457 g/mol. The molecule has 0 fully saturated rings. The molecule has 0 bridgehead atoms. The SMILES string of the molecule is CCCCCCCCCCCCc1ccc2c(c1S(=O)(=O)O)C(=O)c1ccccc1C2=O. The van der Waals surface area contributed by atoms with Crippen LogP contribution in [0.15, 0.2) is 41.3 Å². The van der Waals surface area contributed by atoms with Gasteiger partial charge in [0.15, 0.2) is 11.6 Å². The molecule has 1 aliphatic carbocycles. The van der Waals surface area contributed by atoms with Crippen LogP contribution in [0.2, 0.25) is 0 Å². The van der Waals surface area contributed by atoms with Gasteiger partial charge >= 0.3 is 0 Å². The summed E-state index contributed by atoms with van der Waals surface area (Å²) in [6.45, 7) is 2.21. The average Bonchev–Trinajstić information content (AvgIpc) is 2.77. The van der Waals surface area contributed by atoms with E-state index >= 15 is 0 Å². The molecule has 0 heterocycles. The molecule has 0 amide bonds. The largest absolute Gasteiger partial charge is 0.295 e. The summed E-state index contributed by atoms with van der Waals surface area (Å²) in [6, 6.07) is 9.46. The first-order valence-corrected chi connectivity index (χ1v) is 13.1. The number of hydrogen-bond acceptors (Lipinski definition) is 4. The maximum absolute atomic E-state index is 13.1. The third-order valence-corrected chi connectivity index (χ3v) is 7.17. The van der Waals surface area contributed by atoms with Crippen LogP contribution >= 0.6 is 0 Å². The minimum absolute atomic E-state index is 0.0353. The Balaban J connectivity index is 1.70. The topological polar surface area (TPSA) is 88.5 Å². The van der Waals surface area contributed by atoms with Gasteiger partial charge < -0.3 is 0 Å². The summed E-state index contributed by atoms with van der Waals surface area (Å²) in [5.74, 6) is -0.932. The van der Waals surface area contributed by atoms with Gasteiger partial charge in [-0.1, -0.05) is 95.0 Å². The second-order valence-corrected chi connectivity index (χ2v) is 9.95. The van der Waals surface area contributed by atoms with E-state index in [2.05, 4.69) is 6.92 Å². The van der Waals surface area contributed by atoms with Gasteiger partial charge in [0.25, 0.3) is 10.1 Å². The fourth-order valence-electron chi connectivity index (χ4n) is 4.49. The van der Waals surface area contributed by atoms with Gasteiger partial charge in [0.05, 0.1) is 5.56 Å². The standard InChI is InChI=1S/C26H32O5S/c1-2-3-4-5-6-7-8-9-10-11-14-19-17-18-22-23(26(19)32(29,30)31)25(28)21-16-13-12-15-20(21)24(22)27/h12-13,15-18H,2-11,14H2,1H3,(H,29,30,31). The van der Waals surface area contributed by atoms with Crippen molar-refractivity contribution in [3.63, 3.8) is 0 Å². The first-order valence-electron chi connectivity index (χ1n) is 11.7. The highest BCUT2D eigenvalue weighted by Crippen LogP contribution is 2.34. The first-order chi connectivity index (χ1) is 15.4. The van der Waals surface area contributed by atoms with Gasteiger partial charge in [-0.3, -0.25) is 14.1 Å². The highest BCUT2D eigenvalue weighted by molar-refractivity contribution is 7.86. The number of hydrogen-bond donors (Lipinski definition) is 1. The van der Waals surface area contributed by atoms with Gasteiger partial charge in [0.1, 0.15) is 4.90 Å². The van der Waals surface area contributed by atoms with Crippen molar-refractivity contribution in [2.45, 2.75) is 82.4 Å². The molecule has 1 aliphatic rings. The lowest BCUT2D eigenvalue weighted by atomic mass is 9.83. The molecule has 2 aromatic rings. The Hall–Kier alpha value is -2.31. The lowest BCUT2D eigenvalue weighted by molar-refractivity contribution is 0.0976. The molecule has 6 heteroatoms. The van der Waals surface area contributed by atoms with Gasteiger partial charge in [-0.15, -0.1) is 0 Å². The lowest BCUT2D eigenvalue weighted by Gasteiger charge is -2.21. The summed E-state index contributed by atoms with van der Waals surface area (Å²) in [6.07, 6.45) is 12.0. The summed E-state index contributed by atoms with van der Waals surface area (Å²) in [5.41, 5.74) is 0.667. The van der Waals surface area contributed by atoms with Crippen LogP contribution in [0.25, 0.3) is 0 Å². The Labute approximate surface area is 191 Å². The Morgan fingerprint density at radius 2 is 1.22 bits per heavy atom. The van der Waals surface area contributed by atoms with Crippen molar-refractivity contribution in [2.75, 3.05) is 0 Å². The van der Waals surface area contributed by atoms with E-state index in [1.165, 1.54) is 50.7 Å². The molecule has 0 atom stereocenters. The van der Waals surface area contributed by atoms with Gasteiger partial charge in [0, 0.05) is 16.7 Å². The molecule has 5 nitrogen and oxygen atoms in total. The van der Waals surface area contributed by atoms with E-state index in [4.69, 9.17) is 0 Å². The van der Waals surface area contributed by atoms with Crippen LogP contribution < -0.4 is 0 Å². The van der Waals surface area contributed by atoms with E-state index < -0.39 is 26.6 Å². The fraction of sp³-hybridized carbons (Fsp3) is 0.462. The normalized spacial score (nSPS) is 13.2. The summed E-state index contributed by atoms with van der Waals surface area (Å²) in [7, 11) is -4.67. The van der Waals surface area contributed by atoms with Crippen molar-refractivity contribution in [1.82, 2.24) is 0 Å². The number of benzene rings is 2. The van der Waals surface area contributed by atoms with Crippen LogP contribution in [-0.2, 0) is 16.5 Å². The maximum atomic E-state index is 13.1. The van der Waals surface area contributed by atoms with Crippen LogP contribution in [0.3, 0.4) is 0 Å². The number of ketones is 2.